The highest BCUT2D eigenvalue weighted by Gasteiger charge is 2.26. The van der Waals surface area contributed by atoms with Crippen molar-refractivity contribution >= 4 is 11.6 Å². The molecule has 0 spiro atoms. The monoisotopic (exact) mass is 220 g/mol. The summed E-state index contributed by atoms with van der Waals surface area (Å²) in [5.74, 6) is 0. The van der Waals surface area contributed by atoms with E-state index in [0.29, 0.717) is 6.04 Å². The van der Waals surface area contributed by atoms with Gasteiger partial charge in [-0.25, -0.2) is 0 Å². The molecule has 0 aromatic rings. The third-order valence-corrected chi connectivity index (χ3v) is 3.54. The van der Waals surface area contributed by atoms with E-state index >= 15 is 0 Å². The molecule has 0 radical (unpaired) electrons. The highest BCUT2D eigenvalue weighted by atomic mass is 35.5. The molecule has 0 aliphatic carbocycles. The van der Waals surface area contributed by atoms with E-state index in [1.54, 1.807) is 7.11 Å². The zero-order valence-corrected chi connectivity index (χ0v) is 10.1. The molecular weight excluding hydrogens is 200 g/mol. The van der Waals surface area contributed by atoms with Gasteiger partial charge < -0.3 is 9.64 Å². The molecule has 1 aliphatic heterocycles. The number of ether oxygens (including phenoxy) is 1. The van der Waals surface area contributed by atoms with E-state index in [1.807, 2.05) is 0 Å². The van der Waals surface area contributed by atoms with Crippen LogP contribution in [0.4, 0.5) is 0 Å². The molecule has 2 unspecified atom stereocenters. The number of rotatable bonds is 4. The maximum absolute atomic E-state index is 6.21. The van der Waals surface area contributed by atoms with Crippen molar-refractivity contribution in [3.63, 3.8) is 0 Å². The Morgan fingerprint density at radius 2 is 2.29 bits per heavy atom. The van der Waals surface area contributed by atoms with Gasteiger partial charge in [0, 0.05) is 26.2 Å². The van der Waals surface area contributed by atoms with Crippen LogP contribution in [0, 0.1) is 0 Å². The van der Waals surface area contributed by atoms with Crippen LogP contribution in [0.5, 0.6) is 0 Å². The van der Waals surface area contributed by atoms with E-state index in [1.165, 1.54) is 6.42 Å². The average molecular weight is 221 g/mol. The zero-order chi connectivity index (χ0) is 10.6. The summed E-state index contributed by atoms with van der Waals surface area (Å²) in [5.41, 5.74) is 0.193. The number of hydrogen-bond donors (Lipinski definition) is 0. The molecule has 2 atom stereocenters. The van der Waals surface area contributed by atoms with Crippen LogP contribution in [0.15, 0.2) is 0 Å². The minimum atomic E-state index is 0.193. The van der Waals surface area contributed by atoms with Crippen molar-refractivity contribution in [3.05, 3.63) is 0 Å². The summed E-state index contributed by atoms with van der Waals surface area (Å²) < 4.78 is 5.07. The van der Waals surface area contributed by atoms with E-state index in [4.69, 9.17) is 16.3 Å². The Morgan fingerprint density at radius 3 is 2.86 bits per heavy atom. The van der Waals surface area contributed by atoms with Gasteiger partial charge in [0.2, 0.25) is 0 Å². The van der Waals surface area contributed by atoms with Gasteiger partial charge in [0.15, 0.2) is 0 Å². The van der Waals surface area contributed by atoms with Crippen molar-refractivity contribution in [2.24, 2.45) is 0 Å². The molecule has 84 valence electrons. The summed E-state index contributed by atoms with van der Waals surface area (Å²) in [7, 11) is 5.98. The molecule has 14 heavy (non-hydrogen) atoms. The number of likely N-dealkylation sites (N-methyl/N-ethyl adjacent to an activating group) is 1. The second-order valence-corrected chi connectivity index (χ2v) is 4.57. The number of nitrogens with zero attached hydrogens (tertiary/aromatic N) is 2. The van der Waals surface area contributed by atoms with Gasteiger partial charge in [0.05, 0.1) is 12.1 Å². The normalized spacial score (nSPS) is 29.8. The second kappa shape index (κ2) is 5.91. The quantitative estimate of drug-likeness (QED) is 0.524. The SMILES string of the molecule is COCCN(C)C1CCN(C)C(Cl)C1. The number of alkyl halides is 1. The van der Waals surface area contributed by atoms with Crippen molar-refractivity contribution in [1.29, 1.82) is 0 Å². The molecule has 1 fully saturated rings. The lowest BCUT2D eigenvalue weighted by molar-refractivity contribution is 0.0968. The minimum Gasteiger partial charge on any atom is -0.383 e. The summed E-state index contributed by atoms with van der Waals surface area (Å²) in [5, 5.41) is 0. The molecule has 0 saturated carbocycles. The third kappa shape index (κ3) is 3.39. The molecule has 0 amide bonds. The molecule has 1 saturated heterocycles. The zero-order valence-electron chi connectivity index (χ0n) is 9.37. The highest BCUT2D eigenvalue weighted by molar-refractivity contribution is 6.20. The van der Waals surface area contributed by atoms with Crippen molar-refractivity contribution in [1.82, 2.24) is 9.80 Å². The number of likely N-dealkylation sites (tertiary alicyclic amines) is 1. The summed E-state index contributed by atoms with van der Waals surface area (Å²) in [6.07, 6.45) is 2.26. The van der Waals surface area contributed by atoms with E-state index in [-0.39, 0.29) is 5.50 Å². The van der Waals surface area contributed by atoms with Crippen LogP contribution >= 0.6 is 11.6 Å². The van der Waals surface area contributed by atoms with Gasteiger partial charge in [-0.3, -0.25) is 4.90 Å². The Kier molecular flexibility index (Phi) is 5.17. The predicted molar refractivity (Wildman–Crippen MR) is 59.8 cm³/mol. The first-order valence-electron chi connectivity index (χ1n) is 5.18. The Hall–Kier alpha value is 0.170. The lowest BCUT2D eigenvalue weighted by Crippen LogP contribution is -2.46. The summed E-state index contributed by atoms with van der Waals surface area (Å²) in [6.45, 7) is 2.89. The van der Waals surface area contributed by atoms with Crippen molar-refractivity contribution in [2.45, 2.75) is 24.4 Å². The lowest BCUT2D eigenvalue weighted by Gasteiger charge is -2.38. The molecule has 1 aliphatic rings. The average Bonchev–Trinajstić information content (AvgIpc) is 2.18. The molecular formula is C10H21ClN2O. The molecule has 0 N–H and O–H groups in total. The lowest BCUT2D eigenvalue weighted by atomic mass is 10.0. The van der Waals surface area contributed by atoms with Gasteiger partial charge in [-0.15, -0.1) is 11.6 Å². The molecule has 0 aromatic heterocycles. The van der Waals surface area contributed by atoms with Gasteiger partial charge in [-0.1, -0.05) is 0 Å². The molecule has 0 bridgehead atoms. The van der Waals surface area contributed by atoms with Crippen LogP contribution in [-0.2, 0) is 4.74 Å². The number of halogens is 1. The predicted octanol–water partition coefficient (Wildman–Crippen LogP) is 1.22. The first-order chi connectivity index (χ1) is 6.65. The molecule has 3 nitrogen and oxygen atoms in total. The van der Waals surface area contributed by atoms with Crippen molar-refractivity contribution in [2.75, 3.05) is 40.9 Å². The Balaban J connectivity index is 2.30. The van der Waals surface area contributed by atoms with Gasteiger partial charge in [0.25, 0.3) is 0 Å². The van der Waals surface area contributed by atoms with Gasteiger partial charge in [-0.2, -0.15) is 0 Å². The summed E-state index contributed by atoms with van der Waals surface area (Å²) in [6, 6.07) is 0.615. The van der Waals surface area contributed by atoms with E-state index < -0.39 is 0 Å². The largest absolute Gasteiger partial charge is 0.383 e. The molecule has 4 heteroatoms. The molecule has 0 aromatic carbocycles. The fourth-order valence-corrected chi connectivity index (χ4v) is 2.14. The van der Waals surface area contributed by atoms with Crippen LogP contribution in [0.1, 0.15) is 12.8 Å². The first kappa shape index (κ1) is 12.2. The number of hydrogen-bond acceptors (Lipinski definition) is 3. The molecule has 1 rings (SSSR count). The van der Waals surface area contributed by atoms with Crippen LogP contribution < -0.4 is 0 Å². The molecule has 1 heterocycles. The smallest absolute Gasteiger partial charge is 0.0862 e. The van der Waals surface area contributed by atoms with Crippen molar-refractivity contribution in [3.8, 4) is 0 Å². The van der Waals surface area contributed by atoms with E-state index in [0.717, 1.165) is 26.1 Å². The fourth-order valence-electron chi connectivity index (χ4n) is 1.83. The Labute approximate surface area is 92.0 Å². The number of piperidine rings is 1. The Morgan fingerprint density at radius 1 is 1.57 bits per heavy atom. The topological polar surface area (TPSA) is 15.7 Å². The Bertz CT molecular complexity index is 168. The van der Waals surface area contributed by atoms with Gasteiger partial charge >= 0.3 is 0 Å². The maximum atomic E-state index is 6.21. The van der Waals surface area contributed by atoms with E-state index in [9.17, 15) is 0 Å². The van der Waals surface area contributed by atoms with Crippen LogP contribution in [0.25, 0.3) is 0 Å². The first-order valence-corrected chi connectivity index (χ1v) is 5.62. The fraction of sp³-hybridized carbons (Fsp3) is 1.00. The van der Waals surface area contributed by atoms with Crippen LogP contribution in [-0.4, -0.2) is 62.2 Å². The summed E-state index contributed by atoms with van der Waals surface area (Å²) >= 11 is 6.21. The van der Waals surface area contributed by atoms with Crippen molar-refractivity contribution < 1.29 is 4.74 Å². The van der Waals surface area contributed by atoms with Gasteiger partial charge in [-0.05, 0) is 26.9 Å². The summed E-state index contributed by atoms with van der Waals surface area (Å²) in [4.78, 5) is 4.56. The minimum absolute atomic E-state index is 0.193. The highest BCUT2D eigenvalue weighted by Crippen LogP contribution is 2.21. The van der Waals surface area contributed by atoms with Gasteiger partial charge in [0.1, 0.15) is 0 Å². The van der Waals surface area contributed by atoms with E-state index in [2.05, 4.69) is 23.9 Å². The van der Waals surface area contributed by atoms with Crippen LogP contribution in [0.3, 0.4) is 0 Å². The number of methoxy groups -OCH3 is 1. The second-order valence-electron chi connectivity index (χ2n) is 4.07. The maximum Gasteiger partial charge on any atom is 0.0862 e. The third-order valence-electron chi connectivity index (χ3n) is 3.03. The van der Waals surface area contributed by atoms with Crippen LogP contribution in [0.2, 0.25) is 0 Å². The standard InChI is InChI=1S/C10H21ClN2O/c1-12(6-7-14-3)9-4-5-13(2)10(11)8-9/h9-10H,4-8H2,1-3H3.